The minimum absolute atomic E-state index is 0.884. The number of nitrogens with zero attached hydrogens (tertiary/aromatic N) is 4. The Kier molecular flexibility index (Phi) is 4.53. The monoisotopic (exact) mass is 296 g/mol. The highest BCUT2D eigenvalue weighted by atomic mass is 16.5. The molecule has 0 atom stereocenters. The van der Waals surface area contributed by atoms with Crippen LogP contribution in [0.2, 0.25) is 0 Å². The van der Waals surface area contributed by atoms with Crippen LogP contribution in [0.25, 0.3) is 0 Å². The van der Waals surface area contributed by atoms with Gasteiger partial charge in [0.25, 0.3) is 0 Å². The molecule has 1 aliphatic heterocycles. The number of methoxy groups -OCH3 is 1. The number of ether oxygens (including phenoxy) is 1. The summed E-state index contributed by atoms with van der Waals surface area (Å²) in [4.78, 5) is 6.58. The first kappa shape index (κ1) is 14.4. The van der Waals surface area contributed by atoms with E-state index in [1.165, 1.54) is 0 Å². The molecular weight excluding hydrogens is 276 g/mol. The topological polar surface area (TPSA) is 41.0 Å². The van der Waals surface area contributed by atoms with Gasteiger partial charge < -0.3 is 9.64 Å². The third-order valence-electron chi connectivity index (χ3n) is 3.72. The van der Waals surface area contributed by atoms with E-state index in [4.69, 9.17) is 4.74 Å². The van der Waals surface area contributed by atoms with Crippen LogP contribution >= 0.6 is 0 Å². The maximum Gasteiger partial charge on any atom is 0.142 e. The van der Waals surface area contributed by atoms with Crippen molar-refractivity contribution in [3.05, 3.63) is 54.4 Å². The van der Waals surface area contributed by atoms with Gasteiger partial charge in [-0.05, 0) is 24.3 Å². The smallest absolute Gasteiger partial charge is 0.142 e. The summed E-state index contributed by atoms with van der Waals surface area (Å²) >= 11 is 0. The first-order valence-electron chi connectivity index (χ1n) is 7.45. The first-order valence-corrected chi connectivity index (χ1v) is 7.45. The Bertz CT molecular complexity index is 622. The van der Waals surface area contributed by atoms with Gasteiger partial charge >= 0.3 is 0 Å². The van der Waals surface area contributed by atoms with E-state index in [1.54, 1.807) is 13.3 Å². The number of pyridine rings is 1. The van der Waals surface area contributed by atoms with Gasteiger partial charge in [-0.15, -0.1) is 0 Å². The summed E-state index contributed by atoms with van der Waals surface area (Å²) in [5.41, 5.74) is 2.04. The number of anilines is 1. The summed E-state index contributed by atoms with van der Waals surface area (Å²) < 4.78 is 5.44. The van der Waals surface area contributed by atoms with Gasteiger partial charge in [0.2, 0.25) is 0 Å². The second kappa shape index (κ2) is 6.93. The molecule has 2 heterocycles. The average Bonchev–Trinajstić information content (AvgIpc) is 2.61. The SMILES string of the molecule is COc1ccccc1N1CCN(/N=C\c2ccccn2)CC1. The molecule has 5 nitrogen and oxygen atoms in total. The van der Waals surface area contributed by atoms with E-state index in [-0.39, 0.29) is 0 Å². The number of para-hydroxylation sites is 2. The molecule has 22 heavy (non-hydrogen) atoms. The molecule has 0 bridgehead atoms. The maximum absolute atomic E-state index is 5.44. The molecule has 1 saturated heterocycles. The largest absolute Gasteiger partial charge is 0.495 e. The van der Waals surface area contributed by atoms with Gasteiger partial charge in [0.15, 0.2) is 0 Å². The van der Waals surface area contributed by atoms with Gasteiger partial charge in [0, 0.05) is 19.3 Å². The lowest BCUT2D eigenvalue weighted by molar-refractivity contribution is 0.271. The quantitative estimate of drug-likeness (QED) is 0.812. The van der Waals surface area contributed by atoms with Crippen molar-refractivity contribution in [3.8, 4) is 5.75 Å². The normalized spacial score (nSPS) is 15.3. The van der Waals surface area contributed by atoms with Crippen LogP contribution in [-0.2, 0) is 0 Å². The Hall–Kier alpha value is -2.56. The zero-order valence-corrected chi connectivity index (χ0v) is 12.7. The van der Waals surface area contributed by atoms with Crippen LogP contribution < -0.4 is 9.64 Å². The molecule has 3 rings (SSSR count). The van der Waals surface area contributed by atoms with Crippen molar-refractivity contribution in [2.24, 2.45) is 5.10 Å². The van der Waals surface area contributed by atoms with Crippen LogP contribution in [0.4, 0.5) is 5.69 Å². The van der Waals surface area contributed by atoms with Crippen molar-refractivity contribution in [1.29, 1.82) is 0 Å². The second-order valence-corrected chi connectivity index (χ2v) is 5.11. The van der Waals surface area contributed by atoms with Gasteiger partial charge in [0.1, 0.15) is 5.75 Å². The third kappa shape index (κ3) is 3.36. The van der Waals surface area contributed by atoms with Gasteiger partial charge in [-0.25, -0.2) is 0 Å². The van der Waals surface area contributed by atoms with Crippen LogP contribution in [0, 0.1) is 0 Å². The van der Waals surface area contributed by atoms with Crippen LogP contribution in [0.1, 0.15) is 5.69 Å². The molecular formula is C17H20N4O. The first-order chi connectivity index (χ1) is 10.9. The average molecular weight is 296 g/mol. The highest BCUT2D eigenvalue weighted by Crippen LogP contribution is 2.28. The zero-order valence-electron chi connectivity index (χ0n) is 12.7. The van der Waals surface area contributed by atoms with E-state index < -0.39 is 0 Å². The van der Waals surface area contributed by atoms with E-state index in [0.29, 0.717) is 0 Å². The van der Waals surface area contributed by atoms with Crippen molar-refractivity contribution >= 4 is 11.9 Å². The highest BCUT2D eigenvalue weighted by Gasteiger charge is 2.18. The molecule has 1 fully saturated rings. The molecule has 0 N–H and O–H groups in total. The molecule has 1 aliphatic rings. The van der Waals surface area contributed by atoms with E-state index in [0.717, 1.165) is 43.3 Å². The molecule has 2 aromatic rings. The molecule has 0 spiro atoms. The minimum atomic E-state index is 0.884. The fraction of sp³-hybridized carbons (Fsp3) is 0.294. The Balaban J connectivity index is 1.60. The Morgan fingerprint density at radius 3 is 2.55 bits per heavy atom. The fourth-order valence-electron chi connectivity index (χ4n) is 2.54. The predicted molar refractivity (Wildman–Crippen MR) is 88.6 cm³/mol. The van der Waals surface area contributed by atoms with Gasteiger partial charge in [-0.2, -0.15) is 5.10 Å². The van der Waals surface area contributed by atoms with Gasteiger partial charge in [-0.1, -0.05) is 18.2 Å². The van der Waals surface area contributed by atoms with Crippen molar-refractivity contribution < 1.29 is 4.74 Å². The minimum Gasteiger partial charge on any atom is -0.495 e. The number of hydrogen-bond acceptors (Lipinski definition) is 5. The summed E-state index contributed by atoms with van der Waals surface area (Å²) in [6, 6.07) is 14.0. The third-order valence-corrected chi connectivity index (χ3v) is 3.72. The van der Waals surface area contributed by atoms with Crippen molar-refractivity contribution in [2.75, 3.05) is 38.2 Å². The summed E-state index contributed by atoms with van der Waals surface area (Å²) in [5, 5.41) is 6.60. The summed E-state index contributed by atoms with van der Waals surface area (Å²) in [6.45, 7) is 3.64. The van der Waals surface area contributed by atoms with Gasteiger partial charge in [0.05, 0.1) is 37.8 Å². The van der Waals surface area contributed by atoms with Crippen molar-refractivity contribution in [2.45, 2.75) is 0 Å². The van der Waals surface area contributed by atoms with Crippen LogP contribution in [0.3, 0.4) is 0 Å². The number of hydrogen-bond donors (Lipinski definition) is 0. The molecule has 5 heteroatoms. The molecule has 1 aromatic heterocycles. The highest BCUT2D eigenvalue weighted by molar-refractivity contribution is 5.76. The predicted octanol–water partition coefficient (Wildman–Crippen LogP) is 2.25. The molecule has 0 unspecified atom stereocenters. The van der Waals surface area contributed by atoms with E-state index >= 15 is 0 Å². The van der Waals surface area contributed by atoms with Crippen molar-refractivity contribution in [3.63, 3.8) is 0 Å². The van der Waals surface area contributed by atoms with Gasteiger partial charge in [-0.3, -0.25) is 9.99 Å². The number of hydrazone groups is 1. The molecule has 0 aliphatic carbocycles. The lowest BCUT2D eigenvalue weighted by Gasteiger charge is -2.35. The summed E-state index contributed by atoms with van der Waals surface area (Å²) in [5.74, 6) is 0.924. The van der Waals surface area contributed by atoms with Crippen molar-refractivity contribution in [1.82, 2.24) is 9.99 Å². The number of rotatable bonds is 4. The van der Waals surface area contributed by atoms with E-state index in [2.05, 4.69) is 26.1 Å². The molecule has 0 radical (unpaired) electrons. The van der Waals surface area contributed by atoms with E-state index in [1.807, 2.05) is 42.6 Å². The number of piperazine rings is 1. The maximum atomic E-state index is 5.44. The van der Waals surface area contributed by atoms with Crippen LogP contribution in [0.5, 0.6) is 5.75 Å². The molecule has 0 saturated carbocycles. The summed E-state index contributed by atoms with van der Waals surface area (Å²) in [6.07, 6.45) is 3.60. The van der Waals surface area contributed by atoms with E-state index in [9.17, 15) is 0 Å². The fourth-order valence-corrected chi connectivity index (χ4v) is 2.54. The summed E-state index contributed by atoms with van der Waals surface area (Å²) in [7, 11) is 1.71. The lowest BCUT2D eigenvalue weighted by Crippen LogP contribution is -2.44. The molecule has 0 amide bonds. The Morgan fingerprint density at radius 1 is 1.05 bits per heavy atom. The molecule has 114 valence electrons. The number of aromatic nitrogens is 1. The zero-order chi connectivity index (χ0) is 15.2. The Morgan fingerprint density at radius 2 is 1.82 bits per heavy atom. The lowest BCUT2D eigenvalue weighted by atomic mass is 10.2. The Labute approximate surface area is 130 Å². The van der Waals surface area contributed by atoms with Crippen LogP contribution in [0.15, 0.2) is 53.8 Å². The number of benzene rings is 1. The second-order valence-electron chi connectivity index (χ2n) is 5.11. The molecule has 1 aromatic carbocycles. The standard InChI is InChI=1S/C17H20N4O/c1-22-17-8-3-2-7-16(17)20-10-12-21(13-11-20)19-14-15-6-4-5-9-18-15/h2-9,14H,10-13H2,1H3/b19-14-. The van der Waals surface area contributed by atoms with Crippen LogP contribution in [-0.4, -0.2) is 49.5 Å².